The van der Waals surface area contributed by atoms with Crippen LogP contribution in [0.1, 0.15) is 26.3 Å². The highest BCUT2D eigenvalue weighted by Crippen LogP contribution is 2.39. The number of carbonyl (C=O) groups is 1. The lowest BCUT2D eigenvalue weighted by Crippen LogP contribution is -2.56. The molecule has 0 aromatic carbocycles. The molecule has 2 aliphatic rings. The third-order valence-electron chi connectivity index (χ3n) is 5.57. The highest BCUT2D eigenvalue weighted by atomic mass is 16.5. The Morgan fingerprint density at radius 1 is 1.35 bits per heavy atom. The number of allylic oxidation sites excluding steroid dienone is 1. The maximum absolute atomic E-state index is 9.94. The van der Waals surface area contributed by atoms with Crippen LogP contribution in [-0.2, 0) is 19.7 Å². The SMILES string of the molecule is CC(C)(C)OC=O.CN1CC(C#N)(c2cc(N3CCOCC3)nc3c2cnn3/C(N)=C/C=N)C1. The molecule has 2 aromatic heterocycles. The van der Waals surface area contributed by atoms with Crippen molar-refractivity contribution in [1.29, 1.82) is 10.7 Å². The fraction of sp³-hybridized carbons (Fsp3) is 0.522. The van der Waals surface area contributed by atoms with Crippen LogP contribution in [0.4, 0.5) is 5.82 Å². The predicted molar refractivity (Wildman–Crippen MR) is 129 cm³/mol. The lowest BCUT2D eigenvalue weighted by molar-refractivity contribution is -0.138. The van der Waals surface area contributed by atoms with Gasteiger partial charge in [0, 0.05) is 37.8 Å². The number of nitrogens with zero attached hydrogens (tertiary/aromatic N) is 6. The van der Waals surface area contributed by atoms with Crippen LogP contribution in [0.3, 0.4) is 0 Å². The fourth-order valence-electron chi connectivity index (χ4n) is 4.00. The van der Waals surface area contributed by atoms with E-state index in [0.29, 0.717) is 44.2 Å². The Morgan fingerprint density at radius 3 is 2.53 bits per heavy atom. The zero-order valence-corrected chi connectivity index (χ0v) is 20.1. The van der Waals surface area contributed by atoms with Gasteiger partial charge >= 0.3 is 0 Å². The van der Waals surface area contributed by atoms with Crippen LogP contribution in [-0.4, -0.2) is 84.4 Å². The Kier molecular flexibility index (Phi) is 7.54. The molecular weight excluding hydrogens is 436 g/mol. The number of likely N-dealkylation sites (N-methyl/N-ethyl adjacent to an activating group) is 1. The van der Waals surface area contributed by atoms with Gasteiger partial charge in [0.2, 0.25) is 0 Å². The van der Waals surface area contributed by atoms with Crippen molar-refractivity contribution in [2.75, 3.05) is 51.3 Å². The number of nitrogens with two attached hydrogens (primary N) is 1. The Labute approximate surface area is 199 Å². The zero-order valence-electron chi connectivity index (χ0n) is 20.1. The van der Waals surface area contributed by atoms with Gasteiger partial charge in [0.15, 0.2) is 5.65 Å². The third kappa shape index (κ3) is 5.35. The largest absolute Gasteiger partial charge is 0.462 e. The molecule has 2 fully saturated rings. The zero-order chi connectivity index (χ0) is 24.9. The number of aromatic nitrogens is 3. The van der Waals surface area contributed by atoms with Crippen molar-refractivity contribution in [3.8, 4) is 6.07 Å². The molecule has 2 aliphatic heterocycles. The molecule has 0 amide bonds. The number of hydrogen-bond acceptors (Lipinski definition) is 10. The van der Waals surface area contributed by atoms with Gasteiger partial charge in [-0.05, 0) is 45.5 Å². The minimum absolute atomic E-state index is 0.314. The second kappa shape index (κ2) is 10.2. The van der Waals surface area contributed by atoms with Crippen LogP contribution in [0.15, 0.2) is 18.3 Å². The number of rotatable bonds is 5. The molecule has 11 nitrogen and oxygen atoms in total. The monoisotopic (exact) mass is 468 g/mol. The van der Waals surface area contributed by atoms with Gasteiger partial charge in [0.05, 0.1) is 25.5 Å². The summed E-state index contributed by atoms with van der Waals surface area (Å²) >= 11 is 0. The first-order chi connectivity index (χ1) is 16.1. The summed E-state index contributed by atoms with van der Waals surface area (Å²) in [6.07, 6.45) is 4.29. The van der Waals surface area contributed by atoms with E-state index in [0.717, 1.165) is 36.1 Å². The fourth-order valence-corrected chi connectivity index (χ4v) is 4.00. The molecule has 2 saturated heterocycles. The summed E-state index contributed by atoms with van der Waals surface area (Å²) in [5.74, 6) is 1.11. The van der Waals surface area contributed by atoms with E-state index in [4.69, 9.17) is 20.9 Å². The number of likely N-dealkylation sites (tertiary alicyclic amines) is 1. The molecule has 0 aliphatic carbocycles. The summed E-state index contributed by atoms with van der Waals surface area (Å²) < 4.78 is 11.5. The van der Waals surface area contributed by atoms with Gasteiger partial charge in [-0.25, -0.2) is 4.98 Å². The summed E-state index contributed by atoms with van der Waals surface area (Å²) in [4.78, 5) is 18.7. The Hall–Kier alpha value is -3.49. The number of morpholine rings is 1. The van der Waals surface area contributed by atoms with Crippen molar-refractivity contribution in [3.63, 3.8) is 0 Å². The molecule has 0 saturated carbocycles. The van der Waals surface area contributed by atoms with E-state index in [9.17, 15) is 10.1 Å². The maximum atomic E-state index is 9.94. The highest BCUT2D eigenvalue weighted by molar-refractivity contribution is 5.87. The normalized spacial score (nSPS) is 18.3. The minimum Gasteiger partial charge on any atom is -0.462 e. The molecule has 4 rings (SSSR count). The van der Waals surface area contributed by atoms with E-state index >= 15 is 0 Å². The number of hydrogen-bond donors (Lipinski definition) is 2. The standard InChI is InChI=1S/C18H22N8O.C5H10O2/c1-24-11-18(10-20,12-24)14-8-16(25-4-6-27-7-5-25)23-17-13(14)9-22-26(17)15(21)2-3-19;1-5(2,3)7-4-6/h2-3,8-9,19H,4-7,11-12,21H2,1H3;4H,1-3H3/b15-2+,19-3?;. The van der Waals surface area contributed by atoms with E-state index < -0.39 is 5.41 Å². The molecule has 0 radical (unpaired) electrons. The van der Waals surface area contributed by atoms with Crippen LogP contribution in [0.25, 0.3) is 16.9 Å². The lowest BCUT2D eigenvalue weighted by Gasteiger charge is -2.44. The summed E-state index contributed by atoms with van der Waals surface area (Å²) in [6, 6.07) is 4.54. The van der Waals surface area contributed by atoms with Crippen molar-refractivity contribution >= 4 is 35.4 Å². The predicted octanol–water partition coefficient (Wildman–Crippen LogP) is 1.34. The summed E-state index contributed by atoms with van der Waals surface area (Å²) in [5.41, 5.74) is 6.71. The second-order valence-corrected chi connectivity index (χ2v) is 9.37. The first-order valence-corrected chi connectivity index (χ1v) is 11.0. The average molecular weight is 469 g/mol. The summed E-state index contributed by atoms with van der Waals surface area (Å²) in [6.45, 7) is 10.1. The van der Waals surface area contributed by atoms with Crippen molar-refractivity contribution in [2.24, 2.45) is 5.73 Å². The van der Waals surface area contributed by atoms with Crippen molar-refractivity contribution in [3.05, 3.63) is 23.9 Å². The van der Waals surface area contributed by atoms with Gasteiger partial charge in [0.25, 0.3) is 6.47 Å². The molecule has 182 valence electrons. The number of nitrogens with one attached hydrogen (secondary N) is 1. The van der Waals surface area contributed by atoms with Gasteiger partial charge in [-0.2, -0.15) is 15.0 Å². The molecule has 4 heterocycles. The average Bonchev–Trinajstić information content (AvgIpc) is 3.21. The Balaban J connectivity index is 0.000000406. The molecule has 11 heteroatoms. The van der Waals surface area contributed by atoms with Gasteiger partial charge in [-0.3, -0.25) is 4.79 Å². The Morgan fingerprint density at radius 2 is 2.03 bits per heavy atom. The first kappa shape index (κ1) is 25.1. The second-order valence-electron chi connectivity index (χ2n) is 9.37. The number of ether oxygens (including phenoxy) is 2. The van der Waals surface area contributed by atoms with E-state index in [-0.39, 0.29) is 5.60 Å². The molecule has 34 heavy (non-hydrogen) atoms. The quantitative estimate of drug-likeness (QED) is 0.490. The highest BCUT2D eigenvalue weighted by Gasteiger charge is 2.45. The summed E-state index contributed by atoms with van der Waals surface area (Å²) in [5, 5.41) is 22.4. The molecular formula is C23H32N8O3. The van der Waals surface area contributed by atoms with Crippen LogP contribution < -0.4 is 10.6 Å². The Bertz CT molecular complexity index is 1100. The van der Waals surface area contributed by atoms with E-state index in [2.05, 4.69) is 25.7 Å². The molecule has 0 bridgehead atoms. The van der Waals surface area contributed by atoms with Gasteiger partial charge < -0.3 is 30.4 Å². The van der Waals surface area contributed by atoms with E-state index in [1.165, 1.54) is 10.8 Å². The van der Waals surface area contributed by atoms with Crippen LogP contribution >= 0.6 is 0 Å². The van der Waals surface area contributed by atoms with Gasteiger partial charge in [-0.1, -0.05) is 0 Å². The number of carbonyl (C=O) groups excluding carboxylic acids is 1. The van der Waals surface area contributed by atoms with Crippen LogP contribution in [0.5, 0.6) is 0 Å². The molecule has 0 atom stereocenters. The third-order valence-corrected chi connectivity index (χ3v) is 5.57. The number of fused-ring (bicyclic) bond motifs is 1. The maximum Gasteiger partial charge on any atom is 0.293 e. The molecule has 0 unspecified atom stereocenters. The number of pyridine rings is 1. The number of anilines is 1. The topological polar surface area (TPSA) is 146 Å². The van der Waals surface area contributed by atoms with Crippen molar-refractivity contribution in [2.45, 2.75) is 31.8 Å². The molecule has 0 spiro atoms. The van der Waals surface area contributed by atoms with Gasteiger partial charge in [-0.15, -0.1) is 0 Å². The van der Waals surface area contributed by atoms with Crippen molar-refractivity contribution < 1.29 is 14.3 Å². The molecule has 3 N–H and O–H groups in total. The summed E-state index contributed by atoms with van der Waals surface area (Å²) in [7, 11) is 2.01. The van der Waals surface area contributed by atoms with Crippen molar-refractivity contribution in [1.82, 2.24) is 19.7 Å². The van der Waals surface area contributed by atoms with Crippen LogP contribution in [0, 0.1) is 16.7 Å². The first-order valence-electron chi connectivity index (χ1n) is 11.0. The minimum atomic E-state index is -0.579. The van der Waals surface area contributed by atoms with Crippen LogP contribution in [0.2, 0.25) is 0 Å². The van der Waals surface area contributed by atoms with Gasteiger partial charge in [0.1, 0.15) is 22.7 Å². The molecule has 2 aromatic rings. The lowest BCUT2D eigenvalue weighted by atomic mass is 9.74. The number of nitriles is 1. The smallest absolute Gasteiger partial charge is 0.293 e. The van der Waals surface area contributed by atoms with E-state index in [1.807, 2.05) is 33.9 Å². The van der Waals surface area contributed by atoms with E-state index in [1.54, 1.807) is 6.20 Å².